The lowest BCUT2D eigenvalue weighted by Gasteiger charge is -2.32. The summed E-state index contributed by atoms with van der Waals surface area (Å²) in [5.74, 6) is -0.311. The van der Waals surface area contributed by atoms with Crippen LogP contribution in [-0.2, 0) is 0 Å². The Hall–Kier alpha value is -4.94. The van der Waals surface area contributed by atoms with E-state index in [1.165, 1.54) is 24.5 Å². The number of ether oxygens (including phenoxy) is 2. The SMILES string of the molecule is CCOc1cc(NC(=O)c2cc3n(n2)[C@@H](C(F)(F)F)C[C@H](c2ccco2)N3)c(OCC)cc1NC(=O)c1ccccc1. The minimum Gasteiger partial charge on any atom is -0.492 e. The molecule has 2 amide bonds. The standard InChI is InChI=1S/C29H28F3N5O5/c1-3-40-23-14-19(24(41-4-2)13-18(23)34-27(38)17-9-6-5-7-10-17)35-28(39)21-16-26-33-20(22-11-8-12-42-22)15-25(29(30,31)32)37(26)36-21/h5-14,16,20,25,33H,3-4,15H2,1-2H3,(H,34,38)(H,35,39)/t20-,25-/m1/s1. The van der Waals surface area contributed by atoms with Gasteiger partial charge in [-0.3, -0.25) is 9.59 Å². The zero-order chi connectivity index (χ0) is 29.9. The van der Waals surface area contributed by atoms with Gasteiger partial charge in [0.25, 0.3) is 11.8 Å². The Kier molecular flexibility index (Phi) is 8.09. The van der Waals surface area contributed by atoms with E-state index in [2.05, 4.69) is 21.0 Å². The van der Waals surface area contributed by atoms with Gasteiger partial charge in [0.15, 0.2) is 11.7 Å². The second-order valence-electron chi connectivity index (χ2n) is 9.35. The zero-order valence-electron chi connectivity index (χ0n) is 22.7. The Morgan fingerprint density at radius 2 is 1.62 bits per heavy atom. The van der Waals surface area contributed by atoms with Crippen LogP contribution in [0.25, 0.3) is 0 Å². The van der Waals surface area contributed by atoms with Gasteiger partial charge in [-0.15, -0.1) is 0 Å². The number of nitrogens with one attached hydrogen (secondary N) is 3. The predicted molar refractivity (Wildman–Crippen MR) is 148 cm³/mol. The number of furan rings is 1. The van der Waals surface area contributed by atoms with Crippen LogP contribution < -0.4 is 25.4 Å². The first-order chi connectivity index (χ1) is 20.2. The van der Waals surface area contributed by atoms with Gasteiger partial charge in [0.05, 0.1) is 36.9 Å². The molecule has 1 aliphatic rings. The average Bonchev–Trinajstić information content (AvgIpc) is 3.65. The molecule has 0 aliphatic carbocycles. The van der Waals surface area contributed by atoms with Crippen LogP contribution in [0, 0.1) is 0 Å². The number of anilines is 3. The lowest BCUT2D eigenvalue weighted by Crippen LogP contribution is -2.35. The van der Waals surface area contributed by atoms with Crippen LogP contribution in [0.5, 0.6) is 11.5 Å². The van der Waals surface area contributed by atoms with E-state index in [0.29, 0.717) is 17.0 Å². The molecule has 0 unspecified atom stereocenters. The largest absolute Gasteiger partial charge is 0.492 e. The molecule has 10 nitrogen and oxygen atoms in total. The second kappa shape index (κ2) is 11.9. The maximum Gasteiger partial charge on any atom is 0.410 e. The lowest BCUT2D eigenvalue weighted by atomic mass is 10.0. The number of halogens is 3. The maximum absolute atomic E-state index is 14.0. The van der Waals surface area contributed by atoms with Gasteiger partial charge >= 0.3 is 6.18 Å². The van der Waals surface area contributed by atoms with Crippen molar-refractivity contribution in [2.24, 2.45) is 0 Å². The highest BCUT2D eigenvalue weighted by Gasteiger charge is 2.47. The first-order valence-corrected chi connectivity index (χ1v) is 13.3. The van der Waals surface area contributed by atoms with Gasteiger partial charge in [0.1, 0.15) is 23.1 Å². The molecule has 4 aromatic rings. The summed E-state index contributed by atoms with van der Waals surface area (Å²) in [7, 11) is 0. The molecule has 1 aliphatic heterocycles. The molecule has 42 heavy (non-hydrogen) atoms. The third-order valence-electron chi connectivity index (χ3n) is 6.52. The summed E-state index contributed by atoms with van der Waals surface area (Å²) in [6.07, 6.45) is -3.60. The molecule has 2 aromatic carbocycles. The number of benzene rings is 2. The van der Waals surface area contributed by atoms with Crippen LogP contribution in [0.2, 0.25) is 0 Å². The number of aromatic nitrogens is 2. The predicted octanol–water partition coefficient (Wildman–Crippen LogP) is 6.44. The van der Waals surface area contributed by atoms with Crippen molar-refractivity contribution in [2.45, 2.75) is 38.5 Å². The smallest absolute Gasteiger partial charge is 0.410 e. The molecule has 2 aromatic heterocycles. The molecule has 3 N–H and O–H groups in total. The first kappa shape index (κ1) is 28.6. The molecular weight excluding hydrogens is 555 g/mol. The minimum absolute atomic E-state index is 0.0223. The second-order valence-corrected chi connectivity index (χ2v) is 9.35. The van der Waals surface area contributed by atoms with E-state index in [0.717, 1.165) is 4.68 Å². The summed E-state index contributed by atoms with van der Waals surface area (Å²) in [4.78, 5) is 26.1. The molecule has 0 spiro atoms. The van der Waals surface area contributed by atoms with E-state index in [-0.39, 0.29) is 54.2 Å². The normalized spacial score (nSPS) is 16.2. The summed E-state index contributed by atoms with van der Waals surface area (Å²) in [6.45, 7) is 3.98. The Morgan fingerprint density at radius 3 is 2.19 bits per heavy atom. The van der Waals surface area contributed by atoms with E-state index in [1.807, 2.05) is 0 Å². The molecule has 5 rings (SSSR count). The van der Waals surface area contributed by atoms with E-state index in [9.17, 15) is 22.8 Å². The fraction of sp³-hybridized carbons (Fsp3) is 0.276. The van der Waals surface area contributed by atoms with Crippen LogP contribution in [-0.4, -0.2) is 41.0 Å². The average molecular weight is 584 g/mol. The Balaban J connectivity index is 1.43. The van der Waals surface area contributed by atoms with Crippen molar-refractivity contribution in [3.63, 3.8) is 0 Å². The Labute approximate surface area is 238 Å². The summed E-state index contributed by atoms with van der Waals surface area (Å²) >= 11 is 0. The zero-order valence-corrected chi connectivity index (χ0v) is 22.7. The first-order valence-electron chi connectivity index (χ1n) is 13.3. The van der Waals surface area contributed by atoms with Crippen LogP contribution in [0.3, 0.4) is 0 Å². The fourth-order valence-electron chi connectivity index (χ4n) is 4.64. The van der Waals surface area contributed by atoms with Crippen molar-refractivity contribution in [2.75, 3.05) is 29.2 Å². The van der Waals surface area contributed by atoms with Gasteiger partial charge in [0.2, 0.25) is 0 Å². The maximum atomic E-state index is 14.0. The number of carbonyl (C=O) groups excluding carboxylic acids is 2. The van der Waals surface area contributed by atoms with Gasteiger partial charge < -0.3 is 29.8 Å². The molecule has 13 heteroatoms. The quantitative estimate of drug-likeness (QED) is 0.208. The van der Waals surface area contributed by atoms with E-state index >= 15 is 0 Å². The number of hydrogen-bond acceptors (Lipinski definition) is 7. The number of rotatable bonds is 9. The molecule has 0 bridgehead atoms. The van der Waals surface area contributed by atoms with Gasteiger partial charge in [-0.05, 0) is 38.1 Å². The number of amides is 2. The Bertz CT molecular complexity index is 1550. The highest BCUT2D eigenvalue weighted by atomic mass is 19.4. The van der Waals surface area contributed by atoms with Gasteiger partial charge in [-0.2, -0.15) is 18.3 Å². The lowest BCUT2D eigenvalue weighted by molar-refractivity contribution is -0.174. The summed E-state index contributed by atoms with van der Waals surface area (Å²) in [5, 5.41) is 12.4. The molecule has 0 radical (unpaired) electrons. The van der Waals surface area contributed by atoms with Crippen LogP contribution in [0.15, 0.2) is 71.3 Å². The summed E-state index contributed by atoms with van der Waals surface area (Å²) in [5.41, 5.74) is 0.682. The summed E-state index contributed by atoms with van der Waals surface area (Å²) < 4.78 is 59.5. The van der Waals surface area contributed by atoms with Crippen molar-refractivity contribution in [3.8, 4) is 11.5 Å². The van der Waals surface area contributed by atoms with Crippen molar-refractivity contribution in [1.82, 2.24) is 9.78 Å². The fourth-order valence-corrected chi connectivity index (χ4v) is 4.64. The van der Waals surface area contributed by atoms with Gasteiger partial charge in [-0.1, -0.05) is 18.2 Å². The topological polar surface area (TPSA) is 120 Å². The van der Waals surface area contributed by atoms with Gasteiger partial charge in [-0.25, -0.2) is 4.68 Å². The monoisotopic (exact) mass is 583 g/mol. The third kappa shape index (κ3) is 6.04. The van der Waals surface area contributed by atoms with E-state index in [1.54, 1.807) is 56.3 Å². The van der Waals surface area contributed by atoms with Crippen molar-refractivity contribution in [3.05, 3.63) is 83.9 Å². The minimum atomic E-state index is -4.62. The molecule has 2 atom stereocenters. The molecule has 0 saturated carbocycles. The van der Waals surface area contributed by atoms with Crippen molar-refractivity contribution in [1.29, 1.82) is 0 Å². The molecule has 0 saturated heterocycles. The number of fused-ring (bicyclic) bond motifs is 1. The molecule has 220 valence electrons. The Morgan fingerprint density at radius 1 is 0.976 bits per heavy atom. The number of nitrogens with zero attached hydrogens (tertiary/aromatic N) is 2. The van der Waals surface area contributed by atoms with Crippen LogP contribution in [0.4, 0.5) is 30.4 Å². The number of alkyl halides is 3. The summed E-state index contributed by atoms with van der Waals surface area (Å²) in [6, 6.07) is 13.3. The van der Waals surface area contributed by atoms with Crippen molar-refractivity contribution >= 4 is 29.0 Å². The van der Waals surface area contributed by atoms with E-state index < -0.39 is 24.2 Å². The highest BCUT2D eigenvalue weighted by molar-refractivity contribution is 6.07. The van der Waals surface area contributed by atoms with Crippen LogP contribution >= 0.6 is 0 Å². The molecule has 0 fully saturated rings. The molecular formula is C29H28F3N5O5. The number of carbonyl (C=O) groups is 2. The number of hydrogen-bond donors (Lipinski definition) is 3. The van der Waals surface area contributed by atoms with Crippen molar-refractivity contribution < 1.29 is 36.7 Å². The molecule has 3 heterocycles. The highest BCUT2D eigenvalue weighted by Crippen LogP contribution is 2.44. The van der Waals surface area contributed by atoms with Crippen LogP contribution in [0.1, 0.15) is 59.0 Å². The van der Waals surface area contributed by atoms with Gasteiger partial charge in [0, 0.05) is 30.2 Å². The third-order valence-corrected chi connectivity index (χ3v) is 6.52. The van der Waals surface area contributed by atoms with E-state index in [4.69, 9.17) is 13.9 Å².